The second-order valence-electron chi connectivity index (χ2n) is 8.37. The van der Waals surface area contributed by atoms with Crippen molar-refractivity contribution < 1.29 is 22.6 Å². The van der Waals surface area contributed by atoms with Gasteiger partial charge in [0.05, 0.1) is 25.6 Å². The molecule has 0 radical (unpaired) electrons. The Labute approximate surface area is 198 Å². The van der Waals surface area contributed by atoms with E-state index < -0.39 is 15.3 Å². The number of nitrogens with zero attached hydrogens (tertiary/aromatic N) is 1. The Balaban J connectivity index is 1.89. The normalized spacial score (nSPS) is 17.1. The fraction of sp³-hybridized carbons (Fsp3) is 0.462. The Morgan fingerprint density at radius 3 is 2.00 bits per heavy atom. The first-order valence-corrected chi connectivity index (χ1v) is 12.9. The monoisotopic (exact) mass is 473 g/mol. The first kappa shape index (κ1) is 25.3. The molecule has 3 rings (SSSR count). The van der Waals surface area contributed by atoms with Gasteiger partial charge in [-0.05, 0) is 67.5 Å². The first-order chi connectivity index (χ1) is 16.0. The molecule has 1 aliphatic rings. The quantitative estimate of drug-likeness (QED) is 0.386. The molecule has 2 aromatic rings. The molecule has 1 saturated heterocycles. The molecule has 180 valence electrons. The molecule has 0 amide bonds. The summed E-state index contributed by atoms with van der Waals surface area (Å²) in [4.78, 5) is 0. The number of hydrogen-bond acceptors (Lipinski definition) is 5. The molecule has 1 heterocycles. The number of hydrogen-bond donors (Lipinski definition) is 0. The Hall–Kier alpha value is -2.35. The minimum atomic E-state index is -3.61. The van der Waals surface area contributed by atoms with E-state index in [1.807, 2.05) is 48.5 Å². The Bertz CT molecular complexity index is 917. The van der Waals surface area contributed by atoms with Crippen molar-refractivity contribution in [1.29, 1.82) is 0 Å². The summed E-state index contributed by atoms with van der Waals surface area (Å²) in [5, 5.41) is -0.518. The van der Waals surface area contributed by atoms with Gasteiger partial charge < -0.3 is 14.2 Å². The molecule has 2 atom stereocenters. The van der Waals surface area contributed by atoms with E-state index in [0.29, 0.717) is 25.9 Å². The third kappa shape index (κ3) is 7.06. The standard InChI is InChI=1S/C26H35NO5S/c1-4-5-8-26(18-25-7-6-17-32-25)33(28,29)27(19-21-9-13-23(30-2)14-10-21)20-22-11-15-24(31-3)16-12-22/h4,9-16,25-26H,1,5-8,17-20H2,2-3H3/t25-,26+/m0/s1. The van der Waals surface area contributed by atoms with Gasteiger partial charge in [0.25, 0.3) is 0 Å². The van der Waals surface area contributed by atoms with Gasteiger partial charge in [0, 0.05) is 19.7 Å². The zero-order chi connectivity index (χ0) is 23.7. The van der Waals surface area contributed by atoms with Crippen molar-refractivity contribution in [2.24, 2.45) is 0 Å². The van der Waals surface area contributed by atoms with Crippen molar-refractivity contribution in [3.8, 4) is 11.5 Å². The smallest absolute Gasteiger partial charge is 0.217 e. The van der Waals surface area contributed by atoms with Crippen LogP contribution >= 0.6 is 0 Å². The van der Waals surface area contributed by atoms with Gasteiger partial charge in [0.15, 0.2) is 0 Å². The van der Waals surface area contributed by atoms with Crippen LogP contribution in [0.2, 0.25) is 0 Å². The van der Waals surface area contributed by atoms with Crippen molar-refractivity contribution in [3.63, 3.8) is 0 Å². The lowest BCUT2D eigenvalue weighted by atomic mass is 10.1. The summed E-state index contributed by atoms with van der Waals surface area (Å²) in [5.74, 6) is 1.48. The zero-order valence-corrected chi connectivity index (χ0v) is 20.4. The maximum atomic E-state index is 14.0. The second kappa shape index (κ2) is 12.2. The van der Waals surface area contributed by atoms with E-state index in [9.17, 15) is 8.42 Å². The average molecular weight is 474 g/mol. The minimum absolute atomic E-state index is 0.00147. The number of ether oxygens (including phenoxy) is 3. The molecule has 0 aromatic heterocycles. The van der Waals surface area contributed by atoms with Gasteiger partial charge in [0.1, 0.15) is 11.5 Å². The summed E-state index contributed by atoms with van der Waals surface area (Å²) in [6.07, 6.45) is 5.38. The van der Waals surface area contributed by atoms with E-state index in [1.165, 1.54) is 0 Å². The van der Waals surface area contributed by atoms with E-state index in [2.05, 4.69) is 6.58 Å². The fourth-order valence-corrected chi connectivity index (χ4v) is 6.10. The summed E-state index contributed by atoms with van der Waals surface area (Å²) in [5.41, 5.74) is 1.82. The second-order valence-corrected chi connectivity index (χ2v) is 10.6. The molecule has 2 aromatic carbocycles. The van der Waals surface area contributed by atoms with E-state index in [0.717, 1.165) is 35.5 Å². The summed E-state index contributed by atoms with van der Waals surface area (Å²) < 4.78 is 45.8. The van der Waals surface area contributed by atoms with E-state index in [-0.39, 0.29) is 19.2 Å². The number of sulfonamides is 1. The zero-order valence-electron chi connectivity index (χ0n) is 19.6. The SMILES string of the molecule is C=CCC[C@H](C[C@@H]1CCCO1)S(=O)(=O)N(Cc1ccc(OC)cc1)Cc1ccc(OC)cc1. The van der Waals surface area contributed by atoms with Crippen LogP contribution in [0.1, 0.15) is 43.2 Å². The predicted octanol–water partition coefficient (Wildman–Crippen LogP) is 4.94. The van der Waals surface area contributed by atoms with Crippen LogP contribution in [-0.4, -0.2) is 44.9 Å². The topological polar surface area (TPSA) is 65.1 Å². The molecule has 0 aliphatic carbocycles. The van der Waals surface area contributed by atoms with E-state index in [4.69, 9.17) is 14.2 Å². The van der Waals surface area contributed by atoms with Crippen molar-refractivity contribution in [2.45, 2.75) is 56.5 Å². The van der Waals surface area contributed by atoms with Gasteiger partial charge in [-0.25, -0.2) is 8.42 Å². The Morgan fingerprint density at radius 2 is 1.58 bits per heavy atom. The number of allylic oxidation sites excluding steroid dienone is 1. The number of rotatable bonds is 13. The van der Waals surface area contributed by atoms with Crippen LogP contribution in [0.4, 0.5) is 0 Å². The molecule has 1 fully saturated rings. The van der Waals surface area contributed by atoms with Gasteiger partial charge in [-0.1, -0.05) is 30.3 Å². The first-order valence-electron chi connectivity index (χ1n) is 11.4. The fourth-order valence-electron chi connectivity index (χ4n) is 4.13. The average Bonchev–Trinajstić information content (AvgIpc) is 3.35. The highest BCUT2D eigenvalue weighted by Gasteiger charge is 2.34. The largest absolute Gasteiger partial charge is 0.497 e. The lowest BCUT2D eigenvalue weighted by Gasteiger charge is -2.29. The molecular weight excluding hydrogens is 438 g/mol. The number of methoxy groups -OCH3 is 2. The molecule has 6 nitrogen and oxygen atoms in total. The maximum Gasteiger partial charge on any atom is 0.217 e. The summed E-state index contributed by atoms with van der Waals surface area (Å²) in [6, 6.07) is 15.1. The predicted molar refractivity (Wildman–Crippen MR) is 131 cm³/mol. The van der Waals surface area contributed by atoms with Gasteiger partial charge >= 0.3 is 0 Å². The molecule has 0 spiro atoms. The van der Waals surface area contributed by atoms with Gasteiger partial charge in [-0.3, -0.25) is 0 Å². The Kier molecular flexibility index (Phi) is 9.35. The molecule has 33 heavy (non-hydrogen) atoms. The molecule has 0 bridgehead atoms. The molecule has 0 saturated carbocycles. The van der Waals surface area contributed by atoms with E-state index in [1.54, 1.807) is 24.6 Å². The maximum absolute atomic E-state index is 14.0. The van der Waals surface area contributed by atoms with Crippen LogP contribution in [0.15, 0.2) is 61.2 Å². The third-order valence-corrected chi connectivity index (χ3v) is 8.31. The van der Waals surface area contributed by atoms with Crippen LogP contribution in [0.5, 0.6) is 11.5 Å². The van der Waals surface area contributed by atoms with Crippen LogP contribution in [0, 0.1) is 0 Å². The molecular formula is C26H35NO5S. The highest BCUT2D eigenvalue weighted by Crippen LogP contribution is 2.28. The number of benzene rings is 2. The van der Waals surface area contributed by atoms with Gasteiger partial charge in [0.2, 0.25) is 10.0 Å². The lowest BCUT2D eigenvalue weighted by molar-refractivity contribution is 0.102. The highest BCUT2D eigenvalue weighted by molar-refractivity contribution is 7.89. The van der Waals surface area contributed by atoms with Crippen LogP contribution in [0.3, 0.4) is 0 Å². The molecule has 1 aliphatic heterocycles. The van der Waals surface area contributed by atoms with Crippen molar-refractivity contribution >= 4 is 10.0 Å². The lowest BCUT2D eigenvalue weighted by Crippen LogP contribution is -2.39. The van der Waals surface area contributed by atoms with E-state index >= 15 is 0 Å². The van der Waals surface area contributed by atoms with Crippen molar-refractivity contribution in [2.75, 3.05) is 20.8 Å². The van der Waals surface area contributed by atoms with Gasteiger partial charge in [-0.2, -0.15) is 4.31 Å². The molecule has 7 heteroatoms. The third-order valence-electron chi connectivity index (χ3n) is 6.06. The summed E-state index contributed by atoms with van der Waals surface area (Å²) in [7, 11) is -0.376. The van der Waals surface area contributed by atoms with Crippen LogP contribution in [0.25, 0.3) is 0 Å². The Morgan fingerprint density at radius 1 is 1.03 bits per heavy atom. The van der Waals surface area contributed by atoms with Crippen molar-refractivity contribution in [3.05, 3.63) is 72.3 Å². The van der Waals surface area contributed by atoms with Crippen LogP contribution in [-0.2, 0) is 27.8 Å². The molecule has 0 N–H and O–H groups in total. The highest BCUT2D eigenvalue weighted by atomic mass is 32.2. The minimum Gasteiger partial charge on any atom is -0.497 e. The van der Waals surface area contributed by atoms with Crippen LogP contribution < -0.4 is 9.47 Å². The summed E-state index contributed by atoms with van der Waals surface area (Å²) in [6.45, 7) is 5.08. The molecule has 0 unspecified atom stereocenters. The van der Waals surface area contributed by atoms with Gasteiger partial charge in [-0.15, -0.1) is 6.58 Å². The summed E-state index contributed by atoms with van der Waals surface area (Å²) >= 11 is 0. The van der Waals surface area contributed by atoms with Crippen molar-refractivity contribution in [1.82, 2.24) is 4.31 Å².